The van der Waals surface area contributed by atoms with E-state index in [1.807, 2.05) is 56.5 Å². The van der Waals surface area contributed by atoms with Crippen LogP contribution in [-0.2, 0) is 81.8 Å². The average molecular weight is 1330 g/mol. The van der Waals surface area contributed by atoms with Gasteiger partial charge in [-0.15, -0.1) is 0 Å². The minimum absolute atomic E-state index is 0.0213. The van der Waals surface area contributed by atoms with Crippen LogP contribution in [0.5, 0.6) is 0 Å². The monoisotopic (exact) mass is 1330 g/mol. The fourth-order valence-corrected chi connectivity index (χ4v) is 11.1. The van der Waals surface area contributed by atoms with Crippen molar-refractivity contribution >= 4 is 93.6 Å². The van der Waals surface area contributed by atoms with Crippen molar-refractivity contribution in [3.63, 3.8) is 0 Å². The minimum Gasteiger partial charge on any atom is -0.467 e. The van der Waals surface area contributed by atoms with Gasteiger partial charge >= 0.3 is 18.0 Å². The third-order valence-electron chi connectivity index (χ3n) is 16.1. The van der Waals surface area contributed by atoms with E-state index in [-0.39, 0.29) is 95.3 Å². The Labute approximate surface area is 559 Å². The summed E-state index contributed by atoms with van der Waals surface area (Å²) >= 11 is 1.46. The maximum Gasteiger partial charge on any atom is 0.408 e. The number of amides is 9. The standard InChI is InChI=1S/C70H90N10O14S/c1-45(2)39-57-66(87)73-42-61(83)75-56(69(90)93-43-48-19-9-7-10-20-48)33-34-62(84)80(4)46(3)64(85)77-55(35-38-95-6)65(86)72-36-16-15-26-54(79-70(91)94-44-49-21-11-8-12-22-49)67(88)78-58(68(89)92-5)40-47-29-31-50(32-30-47)52(23-13-14-28-59(81)76-57)41-60(82)74-53-27-17-24-51-25-18-37-71-63(51)53/h7-12,17-22,24-25,27,29-32,37,45-46,52,54-58H,13-16,23,26,28,33-36,38-44H2,1-6H3,(H,72,86)(H,73,87)(H,74,82)(H,75,83)(H,76,81)(H,77,85)(H,78,88)(H,79,91)/t46-,52?,54+,55-,56+,57+,58+/m1/s1. The van der Waals surface area contributed by atoms with Crippen molar-refractivity contribution < 1.29 is 67.0 Å². The number of esters is 2. The molecule has 510 valence electrons. The van der Waals surface area contributed by atoms with Crippen LogP contribution in [0.3, 0.4) is 0 Å². The van der Waals surface area contributed by atoms with Gasteiger partial charge in [-0.3, -0.25) is 43.3 Å². The SMILES string of the molecule is COC(=O)[C@@H]1Cc2ccc(cc2)C(CC(=O)Nc2cccc3cccnc23)CCCCC(=O)N[C@@H](CC(C)C)C(=O)NCC(=O)N[C@H](C(=O)OCc2ccccc2)CCC(=O)N(C)[C@H](C)C(=O)N[C@H](CCSC)C(=O)NCCCC[C@H](NC(=O)OCc2ccccc2)C(=O)N1. The van der Waals surface area contributed by atoms with Crippen LogP contribution in [0.4, 0.5) is 10.5 Å². The molecule has 1 unspecified atom stereocenters. The molecule has 7 rings (SSSR count). The topological polar surface area (TPSA) is 328 Å². The number of nitrogens with one attached hydrogen (secondary N) is 8. The third-order valence-corrected chi connectivity index (χ3v) is 16.8. The van der Waals surface area contributed by atoms with Crippen LogP contribution in [0.15, 0.2) is 121 Å². The summed E-state index contributed by atoms with van der Waals surface area (Å²) in [5.41, 5.74) is 3.93. The molecule has 2 aliphatic heterocycles. The highest BCUT2D eigenvalue weighted by Crippen LogP contribution is 2.29. The van der Waals surface area contributed by atoms with Gasteiger partial charge in [-0.05, 0) is 117 Å². The van der Waals surface area contributed by atoms with Crippen molar-refractivity contribution in [2.75, 3.05) is 44.6 Å². The van der Waals surface area contributed by atoms with Gasteiger partial charge in [0, 0.05) is 50.9 Å². The van der Waals surface area contributed by atoms with Crippen LogP contribution < -0.4 is 42.5 Å². The number of rotatable bonds is 15. The molecule has 0 radical (unpaired) electrons. The molecule has 9 amide bonds. The summed E-state index contributed by atoms with van der Waals surface area (Å²) in [6.45, 7) is 4.51. The molecule has 0 saturated heterocycles. The number of anilines is 1. The first-order chi connectivity index (χ1) is 45.7. The van der Waals surface area contributed by atoms with E-state index in [0.717, 1.165) is 10.9 Å². The molecule has 1 aromatic heterocycles. The Morgan fingerprint density at radius 3 is 2.02 bits per heavy atom. The van der Waals surface area contributed by atoms with E-state index in [1.54, 1.807) is 85.1 Å². The zero-order valence-corrected chi connectivity index (χ0v) is 55.7. The number of alkyl carbamates (subject to hydrolysis) is 1. The molecule has 24 nitrogen and oxygen atoms in total. The molecule has 25 heteroatoms. The number of pyridine rings is 1. The van der Waals surface area contributed by atoms with Crippen LogP contribution in [0.2, 0.25) is 0 Å². The quantitative estimate of drug-likeness (QED) is 0.0317. The van der Waals surface area contributed by atoms with Crippen molar-refractivity contribution in [3.8, 4) is 0 Å². The number of carbonyl (C=O) groups excluding carboxylic acids is 11. The molecular formula is C70H90N10O14S. The fraction of sp³-hybridized carbons (Fsp3) is 0.457. The lowest BCUT2D eigenvalue weighted by Crippen LogP contribution is -2.53. The van der Waals surface area contributed by atoms with Crippen LogP contribution in [0.1, 0.15) is 126 Å². The molecule has 2 bridgehead atoms. The molecule has 0 saturated carbocycles. The number of para-hydroxylation sites is 1. The highest BCUT2D eigenvalue weighted by Gasteiger charge is 2.32. The zero-order chi connectivity index (χ0) is 68.7. The Bertz CT molecular complexity index is 3370. The summed E-state index contributed by atoms with van der Waals surface area (Å²) in [6.07, 6.45) is 4.43. The van der Waals surface area contributed by atoms with Gasteiger partial charge in [-0.2, -0.15) is 11.8 Å². The van der Waals surface area contributed by atoms with Crippen LogP contribution in [-0.4, -0.2) is 151 Å². The third kappa shape index (κ3) is 25.5. The minimum atomic E-state index is -1.37. The molecule has 0 aliphatic carbocycles. The van der Waals surface area contributed by atoms with Gasteiger partial charge in [0.2, 0.25) is 47.3 Å². The van der Waals surface area contributed by atoms with E-state index < -0.39 is 102 Å². The normalized spacial score (nSPS) is 20.9. The van der Waals surface area contributed by atoms with Gasteiger partial charge in [0.15, 0.2) is 0 Å². The number of hydrogen-bond acceptors (Lipinski definition) is 16. The predicted octanol–water partition coefficient (Wildman–Crippen LogP) is 6.44. The van der Waals surface area contributed by atoms with E-state index in [0.29, 0.717) is 59.3 Å². The number of likely N-dealkylation sites (N-methyl/N-ethyl adjacent to an activating group) is 1. The number of thioether (sulfide) groups is 1. The average Bonchev–Trinajstić information content (AvgIpc) is 0.889. The highest BCUT2D eigenvalue weighted by molar-refractivity contribution is 7.98. The van der Waals surface area contributed by atoms with E-state index in [2.05, 4.69) is 47.5 Å². The van der Waals surface area contributed by atoms with Gasteiger partial charge in [0.05, 0.1) is 24.9 Å². The lowest BCUT2D eigenvalue weighted by Gasteiger charge is -2.27. The molecule has 5 aromatic rings. The first-order valence-electron chi connectivity index (χ1n) is 32.2. The maximum absolute atomic E-state index is 14.3. The number of aromatic nitrogens is 1. The Hall–Kier alpha value is -9.39. The number of benzene rings is 4. The largest absolute Gasteiger partial charge is 0.467 e. The highest BCUT2D eigenvalue weighted by atomic mass is 32.2. The van der Waals surface area contributed by atoms with E-state index in [4.69, 9.17) is 14.2 Å². The first-order valence-corrected chi connectivity index (χ1v) is 33.6. The summed E-state index contributed by atoms with van der Waals surface area (Å²) < 4.78 is 16.2. The maximum atomic E-state index is 14.3. The van der Waals surface area contributed by atoms with Gasteiger partial charge in [0.1, 0.15) is 49.5 Å². The second-order valence-corrected chi connectivity index (χ2v) is 24.9. The zero-order valence-electron chi connectivity index (χ0n) is 54.9. The van der Waals surface area contributed by atoms with Crippen LogP contribution in [0.25, 0.3) is 10.9 Å². The Morgan fingerprint density at radius 1 is 0.663 bits per heavy atom. The molecule has 0 fully saturated rings. The van der Waals surface area contributed by atoms with Gasteiger partial charge in [-0.25, -0.2) is 14.4 Å². The number of fused-ring (bicyclic) bond motifs is 35. The van der Waals surface area contributed by atoms with Gasteiger partial charge < -0.3 is 61.6 Å². The van der Waals surface area contributed by atoms with Crippen LogP contribution in [0, 0.1) is 5.92 Å². The summed E-state index contributed by atoms with van der Waals surface area (Å²) in [7, 11) is 2.59. The van der Waals surface area contributed by atoms with Gasteiger partial charge in [-0.1, -0.05) is 123 Å². The van der Waals surface area contributed by atoms with E-state index in [1.165, 1.54) is 37.7 Å². The van der Waals surface area contributed by atoms with E-state index >= 15 is 0 Å². The summed E-state index contributed by atoms with van der Waals surface area (Å²) in [4.78, 5) is 157. The first kappa shape index (κ1) is 74.6. The number of methoxy groups -OCH3 is 1. The molecule has 2 aliphatic rings. The van der Waals surface area contributed by atoms with E-state index in [9.17, 15) is 52.7 Å². The summed E-state index contributed by atoms with van der Waals surface area (Å²) in [5.74, 6) is -6.11. The van der Waals surface area contributed by atoms with Gasteiger partial charge in [0.25, 0.3) is 0 Å². The Balaban J connectivity index is 1.25. The number of nitrogens with zero attached hydrogens (tertiary/aromatic N) is 2. The smallest absolute Gasteiger partial charge is 0.408 e. The second kappa shape index (κ2) is 39.3. The predicted molar refractivity (Wildman–Crippen MR) is 360 cm³/mol. The molecule has 7 atom stereocenters. The summed E-state index contributed by atoms with van der Waals surface area (Å²) in [5, 5.41) is 22.9. The van der Waals surface area contributed by atoms with Crippen molar-refractivity contribution in [1.29, 1.82) is 0 Å². The fourth-order valence-electron chi connectivity index (χ4n) is 10.7. The van der Waals surface area contributed by atoms with Crippen molar-refractivity contribution in [2.24, 2.45) is 5.92 Å². The molecule has 95 heavy (non-hydrogen) atoms. The summed E-state index contributed by atoms with van der Waals surface area (Å²) in [6, 6.07) is 27.2. The Kier molecular flexibility index (Phi) is 30.9. The number of hydrogen-bond donors (Lipinski definition) is 8. The van der Waals surface area contributed by atoms with Crippen molar-refractivity contribution in [1.82, 2.24) is 47.1 Å². The van der Waals surface area contributed by atoms with Crippen LogP contribution >= 0.6 is 11.8 Å². The molecule has 3 heterocycles. The molecule has 8 N–H and O–H groups in total. The lowest BCUT2D eigenvalue weighted by atomic mass is 9.89. The lowest BCUT2D eigenvalue weighted by molar-refractivity contribution is -0.149. The Morgan fingerprint density at radius 2 is 1.34 bits per heavy atom. The molecular weight excluding hydrogens is 1240 g/mol. The van der Waals surface area contributed by atoms with Crippen molar-refractivity contribution in [3.05, 3.63) is 144 Å². The second-order valence-electron chi connectivity index (χ2n) is 23.9. The number of carbonyl (C=O) groups is 11. The molecule has 0 spiro atoms. The number of ether oxygens (including phenoxy) is 3. The van der Waals surface area contributed by atoms with Crippen molar-refractivity contribution in [2.45, 2.75) is 160 Å². The molecule has 4 aromatic carbocycles.